The summed E-state index contributed by atoms with van der Waals surface area (Å²) >= 11 is 0. The van der Waals surface area contributed by atoms with Crippen LogP contribution in [0.3, 0.4) is 0 Å². The van der Waals surface area contributed by atoms with Gasteiger partial charge in [-0.25, -0.2) is 0 Å². The normalized spacial score (nSPS) is 14.7. The Morgan fingerprint density at radius 2 is 1.61 bits per heavy atom. The lowest BCUT2D eigenvalue weighted by molar-refractivity contribution is -0.121. The third kappa shape index (κ3) is 4.78. The van der Waals surface area contributed by atoms with Crippen LogP contribution in [0.4, 0.5) is 5.69 Å². The molecule has 1 N–H and O–H groups in total. The summed E-state index contributed by atoms with van der Waals surface area (Å²) in [5, 5.41) is 5.16. The van der Waals surface area contributed by atoms with Crippen LogP contribution in [0.15, 0.2) is 66.7 Å². The molecule has 0 aliphatic carbocycles. The van der Waals surface area contributed by atoms with Crippen molar-refractivity contribution >= 4 is 28.3 Å². The fourth-order valence-corrected chi connectivity index (χ4v) is 4.28. The fraction of sp³-hybridized carbons (Fsp3) is 0.308. The molecule has 3 aromatic rings. The molecule has 0 aromatic heterocycles. The van der Waals surface area contributed by atoms with Gasteiger partial charge in [0.2, 0.25) is 5.91 Å². The van der Waals surface area contributed by atoms with Crippen molar-refractivity contribution in [2.24, 2.45) is 5.92 Å². The second-order valence-electron chi connectivity index (χ2n) is 8.48. The van der Waals surface area contributed by atoms with Crippen molar-refractivity contribution in [3.8, 4) is 0 Å². The number of anilines is 1. The molecule has 1 saturated heterocycles. The Morgan fingerprint density at radius 1 is 0.935 bits per heavy atom. The van der Waals surface area contributed by atoms with Crippen LogP contribution in [-0.4, -0.2) is 48.8 Å². The van der Waals surface area contributed by atoms with Crippen LogP contribution in [-0.2, 0) is 11.3 Å². The van der Waals surface area contributed by atoms with E-state index in [-0.39, 0.29) is 17.7 Å². The van der Waals surface area contributed by atoms with Gasteiger partial charge in [-0.2, -0.15) is 0 Å². The molecular weight excluding hydrogens is 386 g/mol. The van der Waals surface area contributed by atoms with Crippen molar-refractivity contribution in [3.63, 3.8) is 0 Å². The first-order valence-corrected chi connectivity index (χ1v) is 10.8. The molecule has 5 heteroatoms. The Labute approximate surface area is 183 Å². The Morgan fingerprint density at radius 3 is 2.39 bits per heavy atom. The highest BCUT2D eigenvalue weighted by Gasteiger charge is 2.28. The molecule has 0 saturated carbocycles. The zero-order chi connectivity index (χ0) is 21.8. The number of benzene rings is 3. The van der Waals surface area contributed by atoms with Gasteiger partial charge in [0, 0.05) is 36.8 Å². The lowest BCUT2D eigenvalue weighted by Crippen LogP contribution is -2.41. The summed E-state index contributed by atoms with van der Waals surface area (Å²) in [6, 6.07) is 21.7. The van der Waals surface area contributed by atoms with Crippen molar-refractivity contribution in [1.82, 2.24) is 9.80 Å². The molecule has 1 aliphatic rings. The van der Waals surface area contributed by atoms with Crippen LogP contribution in [0.25, 0.3) is 10.8 Å². The average Bonchev–Trinajstić information content (AvgIpc) is 2.79. The number of carbonyl (C=O) groups is 2. The monoisotopic (exact) mass is 415 g/mol. The maximum Gasteiger partial charge on any atom is 0.254 e. The van der Waals surface area contributed by atoms with Gasteiger partial charge in [0.05, 0.1) is 0 Å². The van der Waals surface area contributed by atoms with E-state index in [1.165, 1.54) is 0 Å². The lowest BCUT2D eigenvalue weighted by atomic mass is 9.94. The number of amides is 2. The number of rotatable bonds is 5. The number of hydrogen-bond acceptors (Lipinski definition) is 3. The van der Waals surface area contributed by atoms with E-state index in [0.29, 0.717) is 25.9 Å². The van der Waals surface area contributed by atoms with Crippen LogP contribution >= 0.6 is 0 Å². The second kappa shape index (κ2) is 9.31. The molecule has 0 spiro atoms. The smallest absolute Gasteiger partial charge is 0.254 e. The molecule has 2 amide bonds. The Balaban J connectivity index is 1.40. The largest absolute Gasteiger partial charge is 0.339 e. The van der Waals surface area contributed by atoms with Gasteiger partial charge in [0.25, 0.3) is 5.91 Å². The van der Waals surface area contributed by atoms with Gasteiger partial charge in [0.15, 0.2) is 0 Å². The van der Waals surface area contributed by atoms with E-state index in [9.17, 15) is 9.59 Å². The van der Waals surface area contributed by atoms with Crippen LogP contribution < -0.4 is 5.32 Å². The highest BCUT2D eigenvalue weighted by molar-refractivity contribution is 6.07. The van der Waals surface area contributed by atoms with Crippen molar-refractivity contribution in [3.05, 3.63) is 77.9 Å². The summed E-state index contributed by atoms with van der Waals surface area (Å²) in [6.07, 6.45) is 1.36. The average molecular weight is 416 g/mol. The topological polar surface area (TPSA) is 52.7 Å². The van der Waals surface area contributed by atoms with E-state index in [1.807, 2.05) is 85.7 Å². The minimum Gasteiger partial charge on any atom is -0.339 e. The summed E-state index contributed by atoms with van der Waals surface area (Å²) in [5.41, 5.74) is 2.71. The van der Waals surface area contributed by atoms with Crippen LogP contribution in [0.5, 0.6) is 0 Å². The highest BCUT2D eigenvalue weighted by Crippen LogP contribution is 2.25. The Bertz CT molecular complexity index is 1080. The first-order valence-electron chi connectivity index (χ1n) is 10.8. The Hall–Kier alpha value is -3.18. The molecule has 160 valence electrons. The molecule has 1 heterocycles. The van der Waals surface area contributed by atoms with Gasteiger partial charge >= 0.3 is 0 Å². The standard InChI is InChI=1S/C26H29N3O2/c1-28(2)18-21-9-4-6-13-24(21)27-25(30)20-14-16-29(17-15-20)26(31)23-12-7-10-19-8-3-5-11-22(19)23/h3-13,20H,14-18H2,1-2H3,(H,27,30). The molecule has 0 radical (unpaired) electrons. The quantitative estimate of drug-likeness (QED) is 0.672. The fourth-order valence-electron chi connectivity index (χ4n) is 4.28. The Kier molecular flexibility index (Phi) is 6.33. The van der Waals surface area contributed by atoms with Gasteiger partial charge in [-0.05, 0) is 55.4 Å². The van der Waals surface area contributed by atoms with Gasteiger partial charge in [-0.15, -0.1) is 0 Å². The molecular formula is C26H29N3O2. The number of piperidine rings is 1. The van der Waals surface area contributed by atoms with E-state index in [2.05, 4.69) is 10.2 Å². The summed E-state index contributed by atoms with van der Waals surface area (Å²) in [7, 11) is 4.03. The first kappa shape index (κ1) is 21.1. The van der Waals surface area contributed by atoms with Crippen molar-refractivity contribution in [1.29, 1.82) is 0 Å². The van der Waals surface area contributed by atoms with E-state index in [1.54, 1.807) is 0 Å². The summed E-state index contributed by atoms with van der Waals surface area (Å²) in [6.45, 7) is 1.97. The number of para-hydroxylation sites is 1. The van der Waals surface area contributed by atoms with Gasteiger partial charge < -0.3 is 15.1 Å². The van der Waals surface area contributed by atoms with E-state index < -0.39 is 0 Å². The molecule has 0 atom stereocenters. The van der Waals surface area contributed by atoms with Crippen molar-refractivity contribution in [2.75, 3.05) is 32.5 Å². The molecule has 31 heavy (non-hydrogen) atoms. The predicted octanol–water partition coefficient (Wildman–Crippen LogP) is 4.39. The maximum atomic E-state index is 13.1. The van der Waals surface area contributed by atoms with Crippen LogP contribution in [0.1, 0.15) is 28.8 Å². The number of nitrogens with zero attached hydrogens (tertiary/aromatic N) is 2. The molecule has 0 unspecified atom stereocenters. The highest BCUT2D eigenvalue weighted by atomic mass is 16.2. The third-order valence-electron chi connectivity index (χ3n) is 5.93. The molecule has 1 fully saturated rings. The van der Waals surface area contributed by atoms with Gasteiger partial charge in [-0.1, -0.05) is 54.6 Å². The zero-order valence-corrected chi connectivity index (χ0v) is 18.2. The molecule has 5 nitrogen and oxygen atoms in total. The first-order chi connectivity index (χ1) is 15.0. The van der Waals surface area contributed by atoms with Crippen molar-refractivity contribution < 1.29 is 9.59 Å². The van der Waals surface area contributed by atoms with Gasteiger partial charge in [0.1, 0.15) is 0 Å². The zero-order valence-electron chi connectivity index (χ0n) is 18.2. The third-order valence-corrected chi connectivity index (χ3v) is 5.93. The van der Waals surface area contributed by atoms with E-state index in [0.717, 1.165) is 34.1 Å². The SMILES string of the molecule is CN(C)Cc1ccccc1NC(=O)C1CCN(C(=O)c2cccc3ccccc23)CC1. The van der Waals surface area contributed by atoms with Crippen molar-refractivity contribution in [2.45, 2.75) is 19.4 Å². The van der Waals surface area contributed by atoms with E-state index >= 15 is 0 Å². The number of hydrogen-bond donors (Lipinski definition) is 1. The summed E-state index contributed by atoms with van der Waals surface area (Å²) < 4.78 is 0. The minimum atomic E-state index is -0.0796. The number of carbonyl (C=O) groups excluding carboxylic acids is 2. The molecule has 3 aromatic carbocycles. The predicted molar refractivity (Wildman–Crippen MR) is 125 cm³/mol. The molecule has 4 rings (SSSR count). The number of fused-ring (bicyclic) bond motifs is 1. The maximum absolute atomic E-state index is 13.1. The van der Waals surface area contributed by atoms with Gasteiger partial charge in [-0.3, -0.25) is 9.59 Å². The minimum absolute atomic E-state index is 0.0449. The van der Waals surface area contributed by atoms with E-state index in [4.69, 9.17) is 0 Å². The van der Waals surface area contributed by atoms with Crippen LogP contribution in [0, 0.1) is 5.92 Å². The summed E-state index contributed by atoms with van der Waals surface area (Å²) in [5.74, 6) is 0.0134. The number of nitrogens with one attached hydrogen (secondary N) is 1. The lowest BCUT2D eigenvalue weighted by Gasteiger charge is -2.32. The number of likely N-dealkylation sites (tertiary alicyclic amines) is 1. The summed E-state index contributed by atoms with van der Waals surface area (Å²) in [4.78, 5) is 30.0. The molecule has 0 bridgehead atoms. The second-order valence-corrected chi connectivity index (χ2v) is 8.48. The molecule has 1 aliphatic heterocycles. The van der Waals surface area contributed by atoms with Crippen LogP contribution in [0.2, 0.25) is 0 Å².